The lowest BCUT2D eigenvalue weighted by Crippen LogP contribution is -2.40. The van der Waals surface area contributed by atoms with E-state index in [0.29, 0.717) is 19.0 Å². The Labute approximate surface area is 134 Å². The van der Waals surface area contributed by atoms with Gasteiger partial charge in [-0.25, -0.2) is 9.37 Å². The van der Waals surface area contributed by atoms with Gasteiger partial charge in [-0.15, -0.1) is 0 Å². The van der Waals surface area contributed by atoms with E-state index in [1.54, 1.807) is 6.07 Å². The van der Waals surface area contributed by atoms with Crippen molar-refractivity contribution in [2.24, 2.45) is 5.92 Å². The van der Waals surface area contributed by atoms with E-state index in [4.69, 9.17) is 0 Å². The van der Waals surface area contributed by atoms with E-state index < -0.39 is 0 Å². The summed E-state index contributed by atoms with van der Waals surface area (Å²) in [7, 11) is 0. The first-order chi connectivity index (χ1) is 11.2. The number of carbonyl (C=O) groups excluding carboxylic acids is 1. The predicted molar refractivity (Wildman–Crippen MR) is 83.1 cm³/mol. The van der Waals surface area contributed by atoms with Gasteiger partial charge >= 0.3 is 0 Å². The highest BCUT2D eigenvalue weighted by molar-refractivity contribution is 5.90. The Balaban J connectivity index is 1.50. The molecule has 2 aromatic rings. The maximum atomic E-state index is 13.8. The molecular formula is C16H20FN5O. The molecule has 6 nitrogen and oxygen atoms in total. The number of amides is 1. The average Bonchev–Trinajstić information content (AvgIpc) is 3.10. The number of rotatable bonds is 5. The van der Waals surface area contributed by atoms with Gasteiger partial charge in [0.25, 0.3) is 5.91 Å². The van der Waals surface area contributed by atoms with Gasteiger partial charge in [0.15, 0.2) is 0 Å². The van der Waals surface area contributed by atoms with E-state index >= 15 is 0 Å². The molecule has 122 valence electrons. The van der Waals surface area contributed by atoms with Crippen LogP contribution in [0.4, 0.5) is 4.39 Å². The van der Waals surface area contributed by atoms with Gasteiger partial charge in [0, 0.05) is 25.2 Å². The van der Waals surface area contributed by atoms with Crippen LogP contribution < -0.4 is 5.32 Å². The summed E-state index contributed by atoms with van der Waals surface area (Å²) in [5, 5.41) is 9.09. The van der Waals surface area contributed by atoms with Crippen LogP contribution in [0.25, 0.3) is 0 Å². The van der Waals surface area contributed by atoms with Gasteiger partial charge < -0.3 is 5.32 Å². The summed E-state index contributed by atoms with van der Waals surface area (Å²) in [5.74, 6) is 0.188. The van der Waals surface area contributed by atoms with Crippen LogP contribution in [-0.2, 0) is 6.54 Å². The zero-order chi connectivity index (χ0) is 16.1. The molecule has 23 heavy (non-hydrogen) atoms. The van der Waals surface area contributed by atoms with Crippen molar-refractivity contribution >= 4 is 5.91 Å². The Morgan fingerprint density at radius 2 is 2.30 bits per heavy atom. The molecule has 1 atom stereocenters. The summed E-state index contributed by atoms with van der Waals surface area (Å²) in [4.78, 5) is 17.9. The minimum Gasteiger partial charge on any atom is -0.349 e. The molecule has 1 aliphatic heterocycles. The van der Waals surface area contributed by atoms with E-state index in [1.807, 2.05) is 12.1 Å². The number of nitrogens with one attached hydrogen (secondary N) is 2. The first-order valence-electron chi connectivity index (χ1n) is 7.81. The Hall–Kier alpha value is -2.28. The predicted octanol–water partition coefficient (Wildman–Crippen LogP) is 1.59. The van der Waals surface area contributed by atoms with Crippen LogP contribution in [0, 0.1) is 11.7 Å². The molecule has 1 amide bonds. The highest BCUT2D eigenvalue weighted by Gasteiger charge is 2.21. The molecule has 1 aliphatic rings. The highest BCUT2D eigenvalue weighted by atomic mass is 19.1. The number of benzene rings is 1. The summed E-state index contributed by atoms with van der Waals surface area (Å²) in [6, 6.07) is 6.88. The molecule has 0 saturated carbocycles. The molecule has 0 aliphatic carbocycles. The van der Waals surface area contributed by atoms with Crippen molar-refractivity contribution in [2.45, 2.75) is 19.4 Å². The molecule has 1 aromatic carbocycles. The van der Waals surface area contributed by atoms with Crippen molar-refractivity contribution < 1.29 is 9.18 Å². The Bertz CT molecular complexity index is 646. The van der Waals surface area contributed by atoms with Gasteiger partial charge in [-0.2, -0.15) is 5.10 Å². The molecule has 2 heterocycles. The normalized spacial score (nSPS) is 18.7. The maximum absolute atomic E-state index is 13.8. The van der Waals surface area contributed by atoms with Gasteiger partial charge in [-0.3, -0.25) is 14.8 Å². The number of piperidine rings is 1. The first-order valence-corrected chi connectivity index (χ1v) is 7.81. The number of hydrogen-bond acceptors (Lipinski definition) is 4. The smallest absolute Gasteiger partial charge is 0.288 e. The third-order valence-electron chi connectivity index (χ3n) is 4.14. The fourth-order valence-electron chi connectivity index (χ4n) is 2.96. The minimum atomic E-state index is -0.242. The number of hydrogen-bond donors (Lipinski definition) is 2. The second kappa shape index (κ2) is 7.32. The quantitative estimate of drug-likeness (QED) is 0.878. The molecule has 2 N–H and O–H groups in total. The van der Waals surface area contributed by atoms with Crippen LogP contribution in [0.3, 0.4) is 0 Å². The number of aromatic nitrogens is 3. The fraction of sp³-hybridized carbons (Fsp3) is 0.438. The summed E-state index contributed by atoms with van der Waals surface area (Å²) in [5.41, 5.74) is 0.721. The van der Waals surface area contributed by atoms with Crippen LogP contribution in [0.5, 0.6) is 0 Å². The van der Waals surface area contributed by atoms with Crippen molar-refractivity contribution in [2.75, 3.05) is 19.6 Å². The van der Waals surface area contributed by atoms with Crippen LogP contribution in [0.15, 0.2) is 30.6 Å². The second-order valence-corrected chi connectivity index (χ2v) is 5.88. The van der Waals surface area contributed by atoms with Crippen molar-refractivity contribution in [3.05, 3.63) is 47.8 Å². The maximum Gasteiger partial charge on any atom is 0.288 e. The van der Waals surface area contributed by atoms with Crippen molar-refractivity contribution in [3.8, 4) is 0 Å². The van der Waals surface area contributed by atoms with Crippen molar-refractivity contribution in [1.82, 2.24) is 25.4 Å². The third-order valence-corrected chi connectivity index (χ3v) is 4.14. The molecular weight excluding hydrogens is 297 g/mol. The topological polar surface area (TPSA) is 73.9 Å². The molecule has 1 aromatic heterocycles. The van der Waals surface area contributed by atoms with Gasteiger partial charge in [0.2, 0.25) is 5.82 Å². The average molecular weight is 317 g/mol. The molecule has 1 saturated heterocycles. The first kappa shape index (κ1) is 15.6. The zero-order valence-corrected chi connectivity index (χ0v) is 12.8. The molecule has 7 heteroatoms. The lowest BCUT2D eigenvalue weighted by molar-refractivity contribution is 0.0920. The highest BCUT2D eigenvalue weighted by Crippen LogP contribution is 2.19. The number of likely N-dealkylation sites (tertiary alicyclic amines) is 1. The Morgan fingerprint density at radius 1 is 1.43 bits per heavy atom. The fourth-order valence-corrected chi connectivity index (χ4v) is 2.96. The molecule has 0 radical (unpaired) electrons. The minimum absolute atomic E-state index is 0.159. The van der Waals surface area contributed by atoms with E-state index in [2.05, 4.69) is 25.4 Å². The number of nitrogens with zero attached hydrogens (tertiary/aromatic N) is 3. The zero-order valence-electron chi connectivity index (χ0n) is 12.8. The number of H-pyrrole nitrogens is 1. The standard InChI is InChI=1S/C16H20FN5O/c17-14-6-2-1-5-13(14)10-22-7-3-4-12(9-22)8-18-16(23)15-19-11-20-21-15/h1-2,5-6,11-12H,3-4,7-10H2,(H,18,23)(H,19,20,21)/t12-/m1/s1. The van der Waals surface area contributed by atoms with Crippen molar-refractivity contribution in [1.29, 1.82) is 0 Å². The van der Waals surface area contributed by atoms with Gasteiger partial charge in [0.1, 0.15) is 12.1 Å². The largest absolute Gasteiger partial charge is 0.349 e. The van der Waals surface area contributed by atoms with Crippen molar-refractivity contribution in [3.63, 3.8) is 0 Å². The van der Waals surface area contributed by atoms with Crippen LogP contribution in [0.2, 0.25) is 0 Å². The molecule has 1 fully saturated rings. The second-order valence-electron chi connectivity index (χ2n) is 5.88. The third kappa shape index (κ3) is 4.13. The molecule has 0 spiro atoms. The van der Waals surface area contributed by atoms with Crippen LogP contribution in [-0.4, -0.2) is 45.6 Å². The van der Waals surface area contributed by atoms with E-state index in [1.165, 1.54) is 12.4 Å². The number of carbonyl (C=O) groups is 1. The number of aromatic amines is 1. The molecule has 0 unspecified atom stereocenters. The monoisotopic (exact) mass is 317 g/mol. The summed E-state index contributed by atoms with van der Waals surface area (Å²) >= 11 is 0. The Morgan fingerprint density at radius 3 is 3.09 bits per heavy atom. The van der Waals surface area contributed by atoms with Gasteiger partial charge in [-0.05, 0) is 31.4 Å². The summed E-state index contributed by atoms with van der Waals surface area (Å²) < 4.78 is 13.8. The lowest BCUT2D eigenvalue weighted by Gasteiger charge is -2.32. The van der Waals surface area contributed by atoms with Crippen LogP contribution >= 0.6 is 0 Å². The molecule has 3 rings (SSSR count). The van der Waals surface area contributed by atoms with Gasteiger partial charge in [-0.1, -0.05) is 18.2 Å². The van der Waals surface area contributed by atoms with Gasteiger partial charge in [0.05, 0.1) is 0 Å². The lowest BCUT2D eigenvalue weighted by atomic mass is 9.97. The van der Waals surface area contributed by atoms with E-state index in [9.17, 15) is 9.18 Å². The van der Waals surface area contributed by atoms with E-state index in [-0.39, 0.29) is 17.5 Å². The Kier molecular flexibility index (Phi) is 4.97. The number of halogens is 1. The van der Waals surface area contributed by atoms with Crippen LogP contribution in [0.1, 0.15) is 29.0 Å². The molecule has 0 bridgehead atoms. The van der Waals surface area contributed by atoms with E-state index in [0.717, 1.165) is 31.5 Å². The SMILES string of the molecule is O=C(NC[C@H]1CCCN(Cc2ccccc2F)C1)c1ncn[nH]1. The summed E-state index contributed by atoms with van der Waals surface area (Å²) in [6.45, 7) is 3.01. The summed E-state index contributed by atoms with van der Waals surface area (Å²) in [6.07, 6.45) is 3.42.